The Kier molecular flexibility index (Phi) is 6.09. The molecule has 0 aliphatic carbocycles. The predicted octanol–water partition coefficient (Wildman–Crippen LogP) is 4.97. The number of aromatic nitrogens is 2. The van der Waals surface area contributed by atoms with Crippen molar-refractivity contribution in [1.82, 2.24) is 15.0 Å². The third-order valence-electron chi connectivity index (χ3n) is 5.80. The maximum absolute atomic E-state index is 12.8. The molecule has 0 amide bonds. The summed E-state index contributed by atoms with van der Waals surface area (Å²) in [5, 5.41) is 5.85. The normalized spacial score (nSPS) is 16.1. The number of hydrogen-bond acceptors (Lipinski definition) is 5. The number of piperidine rings is 1. The van der Waals surface area contributed by atoms with Gasteiger partial charge >= 0.3 is 6.18 Å². The van der Waals surface area contributed by atoms with E-state index in [0.717, 1.165) is 22.0 Å². The SMILES string of the molecule is Cc1cc(-c2ccc3cnc(CC(=O)C4CCN(CCC(F)(F)F)CC4)cc3c2)on1. The van der Waals surface area contributed by atoms with E-state index in [9.17, 15) is 18.0 Å². The summed E-state index contributed by atoms with van der Waals surface area (Å²) in [6, 6.07) is 9.68. The third-order valence-corrected chi connectivity index (χ3v) is 5.80. The Morgan fingerprint density at radius 2 is 1.94 bits per heavy atom. The maximum Gasteiger partial charge on any atom is 0.390 e. The summed E-state index contributed by atoms with van der Waals surface area (Å²) in [5.74, 6) is 0.665. The molecule has 1 aliphatic rings. The van der Waals surface area contributed by atoms with Gasteiger partial charge in [0.25, 0.3) is 0 Å². The minimum absolute atomic E-state index is 0.00366. The number of aryl methyl sites for hydroxylation is 1. The van der Waals surface area contributed by atoms with E-state index in [2.05, 4.69) is 10.1 Å². The predicted molar refractivity (Wildman–Crippen MR) is 111 cm³/mol. The third kappa shape index (κ3) is 5.50. The molecule has 164 valence electrons. The maximum atomic E-state index is 12.8. The highest BCUT2D eigenvalue weighted by Gasteiger charge is 2.30. The molecule has 4 rings (SSSR count). The van der Waals surface area contributed by atoms with E-state index in [0.29, 0.717) is 37.4 Å². The zero-order chi connectivity index (χ0) is 22.0. The van der Waals surface area contributed by atoms with Gasteiger partial charge in [-0.2, -0.15) is 13.2 Å². The highest BCUT2D eigenvalue weighted by atomic mass is 19.4. The van der Waals surface area contributed by atoms with Crippen molar-refractivity contribution < 1.29 is 22.5 Å². The molecule has 1 aliphatic heterocycles. The largest absolute Gasteiger partial charge is 0.390 e. The number of fused-ring (bicyclic) bond motifs is 1. The second-order valence-corrected chi connectivity index (χ2v) is 8.19. The fourth-order valence-electron chi connectivity index (χ4n) is 4.02. The van der Waals surface area contributed by atoms with Gasteiger partial charge < -0.3 is 9.42 Å². The number of rotatable bonds is 6. The van der Waals surface area contributed by atoms with Crippen LogP contribution >= 0.6 is 0 Å². The van der Waals surface area contributed by atoms with E-state index >= 15 is 0 Å². The smallest absolute Gasteiger partial charge is 0.356 e. The van der Waals surface area contributed by atoms with Crippen molar-refractivity contribution in [1.29, 1.82) is 0 Å². The fraction of sp³-hybridized carbons (Fsp3) is 0.435. The van der Waals surface area contributed by atoms with Crippen LogP contribution in [0.2, 0.25) is 0 Å². The molecule has 0 saturated carbocycles. The monoisotopic (exact) mass is 431 g/mol. The summed E-state index contributed by atoms with van der Waals surface area (Å²) < 4.78 is 42.5. The molecule has 1 saturated heterocycles. The first kappa shape index (κ1) is 21.5. The highest BCUT2D eigenvalue weighted by Crippen LogP contribution is 2.27. The molecule has 8 heteroatoms. The first-order valence-electron chi connectivity index (χ1n) is 10.4. The average Bonchev–Trinajstić information content (AvgIpc) is 3.18. The number of alkyl halides is 3. The summed E-state index contributed by atoms with van der Waals surface area (Å²) in [6.07, 6.45) is -1.76. The lowest BCUT2D eigenvalue weighted by molar-refractivity contribution is -0.139. The van der Waals surface area contributed by atoms with Gasteiger partial charge in [0, 0.05) is 47.8 Å². The van der Waals surface area contributed by atoms with Crippen molar-refractivity contribution in [2.24, 2.45) is 5.92 Å². The molecule has 0 radical (unpaired) electrons. The van der Waals surface area contributed by atoms with Gasteiger partial charge in [0.1, 0.15) is 5.78 Å². The molecule has 3 heterocycles. The van der Waals surface area contributed by atoms with E-state index in [1.54, 1.807) is 11.1 Å². The van der Waals surface area contributed by atoms with Crippen LogP contribution in [0.1, 0.15) is 30.7 Å². The lowest BCUT2D eigenvalue weighted by atomic mass is 9.90. The molecule has 0 atom stereocenters. The minimum atomic E-state index is -4.14. The number of carbonyl (C=O) groups excluding carboxylic acids is 1. The van der Waals surface area contributed by atoms with Gasteiger partial charge in [0.15, 0.2) is 5.76 Å². The second kappa shape index (κ2) is 8.78. The Hall–Kier alpha value is -2.74. The Labute approximate surface area is 178 Å². The molecule has 31 heavy (non-hydrogen) atoms. The van der Waals surface area contributed by atoms with Crippen molar-refractivity contribution in [3.05, 3.63) is 47.9 Å². The van der Waals surface area contributed by atoms with Gasteiger partial charge in [-0.15, -0.1) is 0 Å². The quantitative estimate of drug-likeness (QED) is 0.551. The number of hydrogen-bond donors (Lipinski definition) is 0. The molecular formula is C23H24F3N3O2. The Morgan fingerprint density at radius 1 is 1.16 bits per heavy atom. The van der Waals surface area contributed by atoms with Crippen LogP contribution in [0.15, 0.2) is 41.1 Å². The lowest BCUT2D eigenvalue weighted by Crippen LogP contribution is -2.38. The number of likely N-dealkylation sites (tertiary alicyclic amines) is 1. The van der Waals surface area contributed by atoms with Crippen molar-refractivity contribution in [2.75, 3.05) is 19.6 Å². The van der Waals surface area contributed by atoms with Gasteiger partial charge in [-0.05, 0) is 50.4 Å². The molecule has 0 unspecified atom stereocenters. The van der Waals surface area contributed by atoms with Crippen LogP contribution < -0.4 is 0 Å². The van der Waals surface area contributed by atoms with E-state index in [1.807, 2.05) is 37.3 Å². The van der Waals surface area contributed by atoms with E-state index in [4.69, 9.17) is 4.52 Å². The summed E-state index contributed by atoms with van der Waals surface area (Å²) in [5.41, 5.74) is 2.41. The summed E-state index contributed by atoms with van der Waals surface area (Å²) in [4.78, 5) is 19.0. The summed E-state index contributed by atoms with van der Waals surface area (Å²) in [7, 11) is 0. The highest BCUT2D eigenvalue weighted by molar-refractivity contribution is 5.88. The van der Waals surface area contributed by atoms with Gasteiger partial charge in [-0.3, -0.25) is 9.78 Å². The average molecular weight is 431 g/mol. The number of benzene rings is 1. The van der Waals surface area contributed by atoms with E-state index in [-0.39, 0.29) is 24.7 Å². The minimum Gasteiger partial charge on any atom is -0.356 e. The van der Waals surface area contributed by atoms with Gasteiger partial charge in [-0.1, -0.05) is 17.3 Å². The number of halogens is 3. The lowest BCUT2D eigenvalue weighted by Gasteiger charge is -2.31. The fourth-order valence-corrected chi connectivity index (χ4v) is 4.02. The molecule has 1 fully saturated rings. The van der Waals surface area contributed by atoms with Crippen molar-refractivity contribution in [3.63, 3.8) is 0 Å². The Bertz CT molecular complexity index is 1070. The Morgan fingerprint density at radius 3 is 2.61 bits per heavy atom. The molecule has 5 nitrogen and oxygen atoms in total. The zero-order valence-electron chi connectivity index (χ0n) is 17.3. The van der Waals surface area contributed by atoms with Gasteiger partial charge in [-0.25, -0.2) is 0 Å². The summed E-state index contributed by atoms with van der Waals surface area (Å²) in [6.45, 7) is 2.92. The van der Waals surface area contributed by atoms with Crippen LogP contribution in [0.25, 0.3) is 22.1 Å². The molecule has 3 aromatic rings. The van der Waals surface area contributed by atoms with Crippen LogP contribution in [0.3, 0.4) is 0 Å². The number of nitrogens with zero attached hydrogens (tertiary/aromatic N) is 3. The molecule has 0 N–H and O–H groups in total. The van der Waals surface area contributed by atoms with Crippen LogP contribution in [-0.2, 0) is 11.2 Å². The molecule has 1 aromatic carbocycles. The van der Waals surface area contributed by atoms with Crippen molar-refractivity contribution >= 4 is 16.6 Å². The summed E-state index contributed by atoms with van der Waals surface area (Å²) >= 11 is 0. The van der Waals surface area contributed by atoms with Crippen LogP contribution in [0.4, 0.5) is 13.2 Å². The van der Waals surface area contributed by atoms with Gasteiger partial charge in [0.2, 0.25) is 0 Å². The van der Waals surface area contributed by atoms with E-state index < -0.39 is 12.6 Å². The molecule has 2 aromatic heterocycles. The second-order valence-electron chi connectivity index (χ2n) is 8.19. The van der Waals surface area contributed by atoms with Crippen LogP contribution in [-0.4, -0.2) is 46.6 Å². The van der Waals surface area contributed by atoms with Crippen LogP contribution in [0.5, 0.6) is 0 Å². The first-order valence-corrected chi connectivity index (χ1v) is 10.4. The van der Waals surface area contributed by atoms with Crippen LogP contribution in [0, 0.1) is 12.8 Å². The van der Waals surface area contributed by atoms with E-state index in [1.165, 1.54) is 0 Å². The topological polar surface area (TPSA) is 59.2 Å². The Balaban J connectivity index is 1.38. The molecule has 0 bridgehead atoms. The van der Waals surface area contributed by atoms with Gasteiger partial charge in [0.05, 0.1) is 12.1 Å². The van der Waals surface area contributed by atoms with Crippen molar-refractivity contribution in [2.45, 2.75) is 38.8 Å². The zero-order valence-corrected chi connectivity index (χ0v) is 17.3. The standard InChI is InChI=1S/C23H24F3N3O2/c1-15-10-22(31-28-15)17-2-3-18-14-27-20(12-19(18)11-17)13-21(30)16-4-7-29(8-5-16)9-6-23(24,25)26/h2-3,10-12,14,16H,4-9,13H2,1H3. The molecule has 0 spiro atoms. The number of ketones is 1. The number of pyridine rings is 1. The first-order chi connectivity index (χ1) is 14.8. The number of carbonyl (C=O) groups is 1. The number of Topliss-reactive ketones (excluding diaryl/α,β-unsaturated/α-hetero) is 1. The van der Waals surface area contributed by atoms with Crippen molar-refractivity contribution in [3.8, 4) is 11.3 Å². The molecular weight excluding hydrogens is 407 g/mol.